The van der Waals surface area contributed by atoms with Gasteiger partial charge in [0.05, 0.1) is 10.5 Å². The lowest BCUT2D eigenvalue weighted by Gasteiger charge is -2.13. The largest absolute Gasteiger partial charge is 0.458 e. The molecule has 0 aliphatic heterocycles. The zero-order valence-electron chi connectivity index (χ0n) is 19.7. The molecule has 0 saturated carbocycles. The summed E-state index contributed by atoms with van der Waals surface area (Å²) in [5, 5.41) is 2.71. The Morgan fingerprint density at radius 1 is 0.971 bits per heavy atom. The lowest BCUT2D eigenvalue weighted by molar-refractivity contribution is -0.116. The maximum atomic E-state index is 12.6. The molecule has 1 heterocycles. The van der Waals surface area contributed by atoms with Crippen LogP contribution in [-0.4, -0.2) is 37.3 Å². The van der Waals surface area contributed by atoms with Crippen LogP contribution in [0.4, 0.5) is 5.69 Å². The number of unbranched alkanes of at least 4 members (excludes halogenated alkanes) is 2. The first-order valence-corrected chi connectivity index (χ1v) is 12.8. The van der Waals surface area contributed by atoms with E-state index >= 15 is 0 Å². The van der Waals surface area contributed by atoms with Gasteiger partial charge in [-0.25, -0.2) is 22.9 Å². The lowest BCUT2D eigenvalue weighted by Crippen LogP contribution is -2.30. The van der Waals surface area contributed by atoms with Crippen LogP contribution in [0.25, 0.3) is 0 Å². The Morgan fingerprint density at radius 2 is 1.65 bits per heavy atom. The Balaban J connectivity index is 1.99. The Hall–Kier alpha value is -3.27. The monoisotopic (exact) mass is 489 g/mol. The number of hydrogen-bond donors (Lipinski definition) is 2. The summed E-state index contributed by atoms with van der Waals surface area (Å²) in [6.45, 7) is 5.86. The summed E-state index contributed by atoms with van der Waals surface area (Å²) in [6.07, 6.45) is 5.40. The van der Waals surface area contributed by atoms with Crippen LogP contribution in [0.15, 0.2) is 47.5 Å². The highest BCUT2D eigenvalue weighted by Crippen LogP contribution is 2.15. The lowest BCUT2D eigenvalue weighted by atomic mass is 10.2. The minimum absolute atomic E-state index is 0.0265. The average molecular weight is 490 g/mol. The molecule has 10 heteroatoms. The van der Waals surface area contributed by atoms with Crippen LogP contribution in [0, 0.1) is 0 Å². The van der Waals surface area contributed by atoms with Gasteiger partial charge in [-0.2, -0.15) is 0 Å². The van der Waals surface area contributed by atoms with Crippen molar-refractivity contribution in [3.8, 4) is 0 Å². The molecule has 0 aliphatic rings. The fourth-order valence-electron chi connectivity index (χ4n) is 3.03. The number of esters is 1. The van der Waals surface area contributed by atoms with Crippen molar-refractivity contribution in [1.82, 2.24) is 9.71 Å². The minimum Gasteiger partial charge on any atom is -0.458 e. The van der Waals surface area contributed by atoms with Gasteiger partial charge in [0, 0.05) is 18.3 Å². The normalized spacial score (nSPS) is 11.2. The average Bonchev–Trinajstić information content (AvgIpc) is 2.82. The number of hydrogen-bond acceptors (Lipinski definition) is 7. The number of carbonyl (C=O) groups excluding carboxylic acids is 3. The van der Waals surface area contributed by atoms with Gasteiger partial charge in [0.1, 0.15) is 11.8 Å². The van der Waals surface area contributed by atoms with Crippen LogP contribution in [0.3, 0.4) is 0 Å². The number of nitrogens with one attached hydrogen (secondary N) is 2. The van der Waals surface area contributed by atoms with E-state index in [0.29, 0.717) is 24.9 Å². The molecule has 0 radical (unpaired) electrons. The molecule has 1 aromatic heterocycles. The summed E-state index contributed by atoms with van der Waals surface area (Å²) in [5.74, 6) is -1.64. The molecule has 2 amide bonds. The number of carbonyl (C=O) groups is 3. The van der Waals surface area contributed by atoms with Crippen LogP contribution in [0.2, 0.25) is 0 Å². The molecule has 0 fully saturated rings. The van der Waals surface area contributed by atoms with E-state index in [1.807, 2.05) is 25.5 Å². The first-order valence-electron chi connectivity index (χ1n) is 11.3. The van der Waals surface area contributed by atoms with E-state index in [1.54, 1.807) is 0 Å². The first kappa shape index (κ1) is 27.0. The Bertz CT molecular complexity index is 1080. The zero-order chi connectivity index (χ0) is 25.1. The minimum atomic E-state index is -4.15. The third kappa shape index (κ3) is 7.95. The Labute approximate surface area is 200 Å². The maximum absolute atomic E-state index is 12.6. The van der Waals surface area contributed by atoms with Crippen molar-refractivity contribution in [1.29, 1.82) is 0 Å². The molecule has 0 saturated heterocycles. The van der Waals surface area contributed by atoms with E-state index in [-0.39, 0.29) is 28.2 Å². The molecule has 2 N–H and O–H groups in total. The summed E-state index contributed by atoms with van der Waals surface area (Å²) >= 11 is 0. The van der Waals surface area contributed by atoms with Gasteiger partial charge >= 0.3 is 5.97 Å². The van der Waals surface area contributed by atoms with E-state index < -0.39 is 21.9 Å². The van der Waals surface area contributed by atoms with E-state index in [4.69, 9.17) is 4.74 Å². The van der Waals surface area contributed by atoms with Crippen LogP contribution in [0.1, 0.15) is 80.1 Å². The van der Waals surface area contributed by atoms with Crippen molar-refractivity contribution in [2.45, 2.75) is 70.3 Å². The zero-order valence-corrected chi connectivity index (χ0v) is 20.5. The summed E-state index contributed by atoms with van der Waals surface area (Å²) in [5.41, 5.74) is 0.462. The molecule has 184 valence electrons. The summed E-state index contributed by atoms with van der Waals surface area (Å²) in [7, 11) is -4.15. The second-order valence-electron chi connectivity index (χ2n) is 7.74. The van der Waals surface area contributed by atoms with Gasteiger partial charge in [-0.1, -0.05) is 33.6 Å². The smallest absolute Gasteiger partial charge is 0.357 e. The van der Waals surface area contributed by atoms with Gasteiger partial charge in [-0.05, 0) is 55.7 Å². The van der Waals surface area contributed by atoms with E-state index in [0.717, 1.165) is 25.5 Å². The fraction of sp³-hybridized carbons (Fsp3) is 0.417. The highest BCUT2D eigenvalue weighted by molar-refractivity contribution is 7.90. The van der Waals surface area contributed by atoms with Gasteiger partial charge in [0.25, 0.3) is 15.9 Å². The van der Waals surface area contributed by atoms with Crippen LogP contribution < -0.4 is 10.0 Å². The molecule has 1 aromatic carbocycles. The number of ether oxygens (including phenoxy) is 1. The maximum Gasteiger partial charge on any atom is 0.357 e. The number of sulfonamides is 1. The quantitative estimate of drug-likeness (QED) is 0.339. The van der Waals surface area contributed by atoms with Crippen LogP contribution >= 0.6 is 0 Å². The number of aromatic nitrogens is 1. The van der Waals surface area contributed by atoms with Gasteiger partial charge in [-0.3, -0.25) is 9.59 Å². The number of anilines is 1. The standard InChI is InChI=1S/C24H31N3O6S/c1-4-7-8-9-22(28)26-18-11-13-20(14-12-18)34(31,32)27-23(29)17-10-15-21(25-16-17)24(30)33-19(5-2)6-3/h10-16,19H,4-9H2,1-3H3,(H,26,28)(H,27,29). The molecular formula is C24H31N3O6S. The van der Waals surface area contributed by atoms with Crippen LogP contribution in [-0.2, 0) is 19.6 Å². The number of nitrogens with zero attached hydrogens (tertiary/aromatic N) is 1. The van der Waals surface area contributed by atoms with Gasteiger partial charge < -0.3 is 10.1 Å². The van der Waals surface area contributed by atoms with E-state index in [2.05, 4.69) is 10.3 Å². The number of rotatable bonds is 12. The predicted molar refractivity (Wildman–Crippen MR) is 128 cm³/mol. The Kier molecular flexibility index (Phi) is 10.2. The second kappa shape index (κ2) is 12.8. The van der Waals surface area contributed by atoms with E-state index in [1.165, 1.54) is 36.4 Å². The molecule has 0 bridgehead atoms. The second-order valence-corrected chi connectivity index (χ2v) is 9.42. The van der Waals surface area contributed by atoms with Gasteiger partial charge in [-0.15, -0.1) is 0 Å². The van der Waals surface area contributed by atoms with Crippen molar-refractivity contribution in [2.24, 2.45) is 0 Å². The summed E-state index contributed by atoms with van der Waals surface area (Å²) in [4.78, 5) is 40.2. The van der Waals surface area contributed by atoms with Gasteiger partial charge in [0.15, 0.2) is 0 Å². The molecule has 0 aliphatic carbocycles. The SMILES string of the molecule is CCCCCC(=O)Nc1ccc(S(=O)(=O)NC(=O)c2ccc(C(=O)OC(CC)CC)nc2)cc1. The number of benzene rings is 1. The van der Waals surface area contributed by atoms with Crippen molar-refractivity contribution in [2.75, 3.05) is 5.32 Å². The molecule has 9 nitrogen and oxygen atoms in total. The molecule has 34 heavy (non-hydrogen) atoms. The molecule has 2 aromatic rings. The third-order valence-corrected chi connectivity index (χ3v) is 6.45. The van der Waals surface area contributed by atoms with Crippen molar-refractivity contribution < 1.29 is 27.5 Å². The Morgan fingerprint density at radius 3 is 2.21 bits per heavy atom. The summed E-state index contributed by atoms with van der Waals surface area (Å²) < 4.78 is 32.4. The highest BCUT2D eigenvalue weighted by Gasteiger charge is 2.20. The summed E-state index contributed by atoms with van der Waals surface area (Å²) in [6, 6.07) is 8.12. The molecule has 2 rings (SSSR count). The molecular weight excluding hydrogens is 458 g/mol. The molecule has 0 spiro atoms. The number of pyridine rings is 1. The predicted octanol–water partition coefficient (Wildman–Crippen LogP) is 4.06. The molecule has 0 unspecified atom stereocenters. The van der Waals surface area contributed by atoms with Crippen LogP contribution in [0.5, 0.6) is 0 Å². The van der Waals surface area contributed by atoms with Crippen molar-refractivity contribution in [3.63, 3.8) is 0 Å². The topological polar surface area (TPSA) is 132 Å². The van der Waals surface area contributed by atoms with Crippen molar-refractivity contribution in [3.05, 3.63) is 53.9 Å². The fourth-order valence-corrected chi connectivity index (χ4v) is 4.01. The van der Waals surface area contributed by atoms with Crippen molar-refractivity contribution >= 4 is 33.5 Å². The van der Waals surface area contributed by atoms with Gasteiger partial charge in [0.2, 0.25) is 5.91 Å². The third-order valence-electron chi connectivity index (χ3n) is 5.10. The highest BCUT2D eigenvalue weighted by atomic mass is 32.2. The molecule has 0 atom stereocenters. The van der Waals surface area contributed by atoms with E-state index in [9.17, 15) is 22.8 Å². The first-order chi connectivity index (χ1) is 16.2. The number of amides is 2.